The molecule has 0 aliphatic rings. The highest BCUT2D eigenvalue weighted by Gasteiger charge is 2.64. The number of hydrogen-bond donors (Lipinski definition) is 2. The minimum Gasteiger partial charge on any atom is -0.320 e. The second-order valence-electron chi connectivity index (χ2n) is 7.19. The molecule has 0 saturated heterocycles. The quantitative estimate of drug-likeness (QED) is 0.234. The zero-order valence-corrected chi connectivity index (χ0v) is 24.8. The number of nitrogens with one attached hydrogen (secondary N) is 2. The molecule has 2 aromatic carbocycles. The highest BCUT2D eigenvalue weighted by Crippen LogP contribution is 2.39. The van der Waals surface area contributed by atoms with Crippen molar-refractivity contribution < 1.29 is 53.5 Å². The topological polar surface area (TPSA) is 58.2 Å². The molecule has 218 valence electrons. The molecule has 2 N–H and O–H groups in total. The fourth-order valence-electron chi connectivity index (χ4n) is 2.25. The summed E-state index contributed by atoms with van der Waals surface area (Å²) in [5, 5.41) is 3.29. The van der Waals surface area contributed by atoms with Crippen LogP contribution in [0.3, 0.4) is 0 Å². The normalized spacial score (nSPS) is 12.4. The van der Waals surface area contributed by atoms with Crippen LogP contribution in [0.2, 0.25) is 10.0 Å². The molecule has 2 rings (SSSR count). The van der Waals surface area contributed by atoms with Gasteiger partial charge in [-0.05, 0) is 74.2 Å². The SMILES string of the molecule is Cc1cc(Br)c(Cl)cc1NC(=O)C(F)(F)C(F)(F)F.O=C(Nc1cc(Cl)c(Br)cc1CBr)C(F)(F)C(F)(F)F. The van der Waals surface area contributed by atoms with Gasteiger partial charge in [-0.1, -0.05) is 39.1 Å². The van der Waals surface area contributed by atoms with E-state index < -0.39 is 36.0 Å². The van der Waals surface area contributed by atoms with E-state index in [-0.39, 0.29) is 37.9 Å². The summed E-state index contributed by atoms with van der Waals surface area (Å²) in [6.45, 7) is 1.42. The van der Waals surface area contributed by atoms with Crippen molar-refractivity contribution in [1.29, 1.82) is 0 Å². The lowest BCUT2D eigenvalue weighted by Crippen LogP contribution is -2.47. The van der Waals surface area contributed by atoms with Gasteiger partial charge < -0.3 is 10.6 Å². The second kappa shape index (κ2) is 13.1. The van der Waals surface area contributed by atoms with Gasteiger partial charge in [-0.15, -0.1) is 0 Å². The summed E-state index contributed by atoms with van der Waals surface area (Å²) in [5.74, 6) is -15.9. The van der Waals surface area contributed by atoms with Gasteiger partial charge in [0.15, 0.2) is 0 Å². The van der Waals surface area contributed by atoms with E-state index >= 15 is 0 Å². The average Bonchev–Trinajstić information content (AvgIpc) is 2.78. The zero-order chi connectivity index (χ0) is 30.7. The minimum absolute atomic E-state index is 0.0559. The van der Waals surface area contributed by atoms with Crippen LogP contribution >= 0.6 is 71.0 Å². The van der Waals surface area contributed by atoms with Crippen molar-refractivity contribution in [3.63, 3.8) is 0 Å². The van der Waals surface area contributed by atoms with Gasteiger partial charge in [0.25, 0.3) is 0 Å². The standard InChI is InChI=1S/C10H5Br2ClF5NO.C10H6BrClF5NO/c11-3-4-1-5(12)6(13)2-7(4)19-8(20)9(14,15)10(16,17)18;1-4-2-5(11)6(12)3-7(4)18-8(19)9(13,14)10(15,16)17/h1-2H,3H2,(H,19,20);2-3H,1H3,(H,18,19). The molecular formula is C20H11Br3Cl2F10N2O2. The molecule has 0 fully saturated rings. The largest absolute Gasteiger partial charge is 0.463 e. The number of benzene rings is 2. The molecule has 0 spiro atoms. The lowest BCUT2D eigenvalue weighted by molar-refractivity contribution is -0.267. The maximum Gasteiger partial charge on any atom is 0.463 e. The zero-order valence-electron chi connectivity index (χ0n) is 18.5. The van der Waals surface area contributed by atoms with Crippen molar-refractivity contribution in [2.75, 3.05) is 10.6 Å². The maximum atomic E-state index is 12.8. The van der Waals surface area contributed by atoms with E-state index in [0.717, 1.165) is 12.1 Å². The average molecular weight is 812 g/mol. The number of aryl methyl sites for hydroxylation is 1. The Morgan fingerprint density at radius 3 is 1.46 bits per heavy atom. The third-order valence-electron chi connectivity index (χ3n) is 4.34. The van der Waals surface area contributed by atoms with Crippen LogP contribution in [-0.2, 0) is 14.9 Å². The van der Waals surface area contributed by atoms with Crippen LogP contribution in [0, 0.1) is 6.92 Å². The number of hydrogen-bond acceptors (Lipinski definition) is 2. The first-order valence-electron chi connectivity index (χ1n) is 9.48. The molecular weight excluding hydrogens is 801 g/mol. The van der Waals surface area contributed by atoms with E-state index in [9.17, 15) is 53.5 Å². The first-order valence-corrected chi connectivity index (χ1v) is 12.9. The number of anilines is 2. The van der Waals surface area contributed by atoms with Gasteiger partial charge in [0, 0.05) is 25.7 Å². The van der Waals surface area contributed by atoms with Crippen LogP contribution in [0.4, 0.5) is 55.3 Å². The summed E-state index contributed by atoms with van der Waals surface area (Å²) in [6, 6.07) is 4.92. The molecule has 0 saturated carbocycles. The van der Waals surface area contributed by atoms with Crippen molar-refractivity contribution in [2.45, 2.75) is 36.5 Å². The van der Waals surface area contributed by atoms with Crippen molar-refractivity contribution in [3.8, 4) is 0 Å². The minimum atomic E-state index is -5.97. The summed E-state index contributed by atoms with van der Waals surface area (Å²) in [5.41, 5.74) is 0.112. The number of carbonyl (C=O) groups excluding carboxylic acids is 2. The molecule has 0 aliphatic heterocycles. The molecule has 4 nitrogen and oxygen atoms in total. The van der Waals surface area contributed by atoms with Crippen molar-refractivity contribution in [1.82, 2.24) is 0 Å². The highest BCUT2D eigenvalue weighted by molar-refractivity contribution is 9.11. The lowest BCUT2D eigenvalue weighted by Gasteiger charge is -2.19. The van der Waals surface area contributed by atoms with Crippen LogP contribution in [0.15, 0.2) is 33.2 Å². The Balaban J connectivity index is 0.000000391. The van der Waals surface area contributed by atoms with Crippen LogP contribution in [-0.4, -0.2) is 36.0 Å². The summed E-state index contributed by atoms with van der Waals surface area (Å²) in [6.07, 6.45) is -11.9. The van der Waals surface area contributed by atoms with Gasteiger partial charge >= 0.3 is 36.0 Å². The summed E-state index contributed by atoms with van der Waals surface area (Å²) < 4.78 is 124. The summed E-state index contributed by atoms with van der Waals surface area (Å²) in [4.78, 5) is 22.1. The van der Waals surface area contributed by atoms with Crippen LogP contribution < -0.4 is 10.6 Å². The molecule has 0 aliphatic carbocycles. The maximum absolute atomic E-state index is 12.8. The Morgan fingerprint density at radius 2 is 1.08 bits per heavy atom. The third kappa shape index (κ3) is 8.84. The van der Waals surface area contributed by atoms with Crippen molar-refractivity contribution in [3.05, 3.63) is 54.4 Å². The lowest BCUT2D eigenvalue weighted by atomic mass is 10.2. The monoisotopic (exact) mass is 808 g/mol. The Morgan fingerprint density at radius 1 is 0.718 bits per heavy atom. The number of alkyl halides is 11. The smallest absolute Gasteiger partial charge is 0.320 e. The molecule has 0 aromatic heterocycles. The Bertz CT molecular complexity index is 1240. The molecule has 19 heteroatoms. The molecule has 0 unspecified atom stereocenters. The summed E-state index contributed by atoms with van der Waals surface area (Å²) in [7, 11) is 0. The van der Waals surface area contributed by atoms with Gasteiger partial charge in [-0.2, -0.15) is 43.9 Å². The van der Waals surface area contributed by atoms with Crippen molar-refractivity contribution in [2.24, 2.45) is 0 Å². The van der Waals surface area contributed by atoms with Gasteiger partial charge in [0.2, 0.25) is 0 Å². The van der Waals surface area contributed by atoms with E-state index in [2.05, 4.69) is 47.8 Å². The van der Waals surface area contributed by atoms with Gasteiger partial charge in [0.05, 0.1) is 10.0 Å². The van der Waals surface area contributed by atoms with Gasteiger partial charge in [-0.3, -0.25) is 9.59 Å². The van der Waals surface area contributed by atoms with Crippen LogP contribution in [0.25, 0.3) is 0 Å². The van der Waals surface area contributed by atoms with Gasteiger partial charge in [0.1, 0.15) is 0 Å². The van der Waals surface area contributed by atoms with E-state index in [4.69, 9.17) is 23.2 Å². The Labute approximate surface area is 248 Å². The fraction of sp³-hybridized carbons (Fsp3) is 0.300. The molecule has 2 aromatic rings. The predicted molar refractivity (Wildman–Crippen MR) is 135 cm³/mol. The Hall–Kier alpha value is -1.30. The van der Waals surface area contributed by atoms with Crippen LogP contribution in [0.1, 0.15) is 11.1 Å². The number of carbonyl (C=O) groups is 2. The fourth-order valence-corrected chi connectivity index (χ4v) is 3.89. The third-order valence-corrected chi connectivity index (χ3v) is 7.33. The molecule has 0 bridgehead atoms. The van der Waals surface area contributed by atoms with E-state index in [1.165, 1.54) is 29.7 Å². The number of amides is 2. The molecule has 2 amide bonds. The summed E-state index contributed by atoms with van der Waals surface area (Å²) >= 11 is 20.5. The second-order valence-corrected chi connectivity index (χ2v) is 10.3. The highest BCUT2D eigenvalue weighted by atomic mass is 79.9. The molecule has 0 heterocycles. The van der Waals surface area contributed by atoms with Gasteiger partial charge in [-0.25, -0.2) is 0 Å². The van der Waals surface area contributed by atoms with E-state index in [0.29, 0.717) is 8.95 Å². The van der Waals surface area contributed by atoms with Crippen LogP contribution in [0.5, 0.6) is 0 Å². The Kier molecular flexibility index (Phi) is 12.0. The molecule has 0 radical (unpaired) electrons. The molecule has 39 heavy (non-hydrogen) atoms. The predicted octanol–water partition coefficient (Wildman–Crippen LogP) is 9.68. The van der Waals surface area contributed by atoms with E-state index in [1.807, 2.05) is 0 Å². The number of halogens is 15. The van der Waals surface area contributed by atoms with Crippen molar-refractivity contribution >= 4 is 94.2 Å². The first-order chi connectivity index (χ1) is 17.5. The number of rotatable bonds is 5. The molecule has 0 atom stereocenters. The van der Waals surface area contributed by atoms with E-state index in [1.54, 1.807) is 0 Å². The first kappa shape index (κ1) is 35.7.